The molecule has 2 fully saturated rings. The van der Waals surface area contributed by atoms with Crippen LogP contribution in [-0.2, 0) is 30.6 Å². The van der Waals surface area contributed by atoms with Crippen LogP contribution in [0.25, 0.3) is 0 Å². The molecule has 0 aromatic heterocycles. The van der Waals surface area contributed by atoms with Crippen LogP contribution in [0.1, 0.15) is 81.6 Å². The standard InChI is InChI=1S/C12H25OS.C10H16O4S/c1-9(2)14(10(3)4)8-11(13)12(5,6)7;1-9(2)7-3-4-10(9,8(11)5-7)6-15(12,13)14/h9-10H,8H2,1-7H3;7H,3-6H2,1-2H3,(H,12,13,14)/q+1;/p-1. The Bertz CT molecular complexity index is 708. The minimum atomic E-state index is -4.33. The molecule has 7 heteroatoms. The Morgan fingerprint density at radius 2 is 1.66 bits per heavy atom. The fourth-order valence-electron chi connectivity index (χ4n) is 4.66. The highest BCUT2D eigenvalue weighted by atomic mass is 32.2. The van der Waals surface area contributed by atoms with Crippen LogP contribution >= 0.6 is 0 Å². The van der Waals surface area contributed by atoms with Crippen LogP contribution < -0.4 is 0 Å². The van der Waals surface area contributed by atoms with Crippen LogP contribution in [-0.4, -0.2) is 46.5 Å². The Balaban J connectivity index is 0.000000291. The van der Waals surface area contributed by atoms with Crippen LogP contribution in [0, 0.1) is 22.2 Å². The van der Waals surface area contributed by atoms with Gasteiger partial charge < -0.3 is 4.55 Å². The molecule has 0 heterocycles. The molecular formula is C22H40O5S2. The summed E-state index contributed by atoms with van der Waals surface area (Å²) in [5, 5.41) is 1.25. The lowest BCUT2D eigenvalue weighted by molar-refractivity contribution is -0.128. The fraction of sp³-hybridized carbons (Fsp3) is 0.909. The van der Waals surface area contributed by atoms with E-state index in [4.69, 9.17) is 0 Å². The van der Waals surface area contributed by atoms with Crippen LogP contribution in [0.2, 0.25) is 0 Å². The first kappa shape index (κ1) is 26.6. The molecule has 0 N–H and O–H groups in total. The zero-order chi connectivity index (χ0) is 23.0. The minimum absolute atomic E-state index is 0.0248. The molecule has 0 aromatic rings. The largest absolute Gasteiger partial charge is 0.748 e. The van der Waals surface area contributed by atoms with Crippen molar-refractivity contribution < 1.29 is 22.6 Å². The van der Waals surface area contributed by atoms with E-state index in [1.54, 1.807) is 0 Å². The summed E-state index contributed by atoms with van der Waals surface area (Å²) >= 11 is 0. The average Bonchev–Trinajstić information content (AvgIpc) is 2.83. The SMILES string of the molecule is CC(C)[S+](CC(=O)C(C)(C)C)C(C)C.CC1(C)C2CCC1(CS(=O)(=O)[O-])C(=O)C2. The molecule has 0 saturated heterocycles. The normalized spacial score (nSPS) is 26.2. The third-order valence-corrected chi connectivity index (χ3v) is 10.8. The Hall–Kier alpha value is -0.400. The first-order valence-electron chi connectivity index (χ1n) is 10.5. The summed E-state index contributed by atoms with van der Waals surface area (Å²) in [5.41, 5.74) is -1.39. The Morgan fingerprint density at radius 1 is 1.17 bits per heavy atom. The van der Waals surface area contributed by atoms with Crippen LogP contribution in [0.3, 0.4) is 0 Å². The number of rotatable bonds is 6. The van der Waals surface area contributed by atoms with E-state index in [9.17, 15) is 22.6 Å². The Labute approximate surface area is 180 Å². The third kappa shape index (κ3) is 6.07. The summed E-state index contributed by atoms with van der Waals surface area (Å²) < 4.78 is 32.7. The van der Waals surface area contributed by atoms with Crippen molar-refractivity contribution in [2.24, 2.45) is 22.2 Å². The smallest absolute Gasteiger partial charge is 0.187 e. The zero-order valence-corrected chi connectivity index (χ0v) is 21.3. The van der Waals surface area contributed by atoms with Gasteiger partial charge in [-0.05, 0) is 62.8 Å². The van der Waals surface area contributed by atoms with Gasteiger partial charge in [-0.2, -0.15) is 0 Å². The third-order valence-electron chi connectivity index (χ3n) is 6.91. The Morgan fingerprint density at radius 3 is 1.93 bits per heavy atom. The van der Waals surface area contributed by atoms with E-state index < -0.39 is 21.3 Å². The molecule has 2 saturated carbocycles. The van der Waals surface area contributed by atoms with Crippen molar-refractivity contribution in [1.29, 1.82) is 0 Å². The number of fused-ring (bicyclic) bond motifs is 2. The highest BCUT2D eigenvalue weighted by Gasteiger charge is 2.64. The van der Waals surface area contributed by atoms with Gasteiger partial charge in [-0.3, -0.25) is 9.59 Å². The molecule has 2 aliphatic carbocycles. The number of carbonyl (C=O) groups is 2. The molecule has 2 aliphatic rings. The molecule has 0 radical (unpaired) electrons. The number of ketones is 2. The highest BCUT2D eigenvalue weighted by Crippen LogP contribution is 2.64. The maximum atomic E-state index is 11.9. The van der Waals surface area contributed by atoms with Crippen molar-refractivity contribution in [2.45, 2.75) is 92.1 Å². The lowest BCUT2D eigenvalue weighted by atomic mass is 9.70. The first-order chi connectivity index (χ1) is 12.8. The average molecular weight is 449 g/mol. The van der Waals surface area contributed by atoms with Gasteiger partial charge in [-0.1, -0.05) is 34.6 Å². The topological polar surface area (TPSA) is 91.3 Å². The number of hydrogen-bond donors (Lipinski definition) is 0. The molecule has 2 bridgehead atoms. The maximum absolute atomic E-state index is 11.9. The second kappa shape index (κ2) is 8.99. The molecule has 0 amide bonds. The summed E-state index contributed by atoms with van der Waals surface area (Å²) in [6.45, 7) is 18.8. The molecule has 29 heavy (non-hydrogen) atoms. The lowest BCUT2D eigenvalue weighted by Crippen LogP contribution is -2.42. The van der Waals surface area contributed by atoms with Crippen molar-refractivity contribution in [3.8, 4) is 0 Å². The predicted octanol–water partition coefficient (Wildman–Crippen LogP) is 3.96. The summed E-state index contributed by atoms with van der Waals surface area (Å²) in [4.78, 5) is 23.7. The van der Waals surface area contributed by atoms with Gasteiger partial charge in [-0.25, -0.2) is 8.42 Å². The maximum Gasteiger partial charge on any atom is 0.187 e. The van der Waals surface area contributed by atoms with Gasteiger partial charge in [-0.15, -0.1) is 0 Å². The number of carbonyl (C=O) groups excluding carboxylic acids is 2. The second-order valence-electron chi connectivity index (χ2n) is 10.8. The van der Waals surface area contributed by atoms with Gasteiger partial charge in [0.1, 0.15) is 16.3 Å². The van der Waals surface area contributed by atoms with Crippen molar-refractivity contribution in [2.75, 3.05) is 11.5 Å². The minimum Gasteiger partial charge on any atom is -0.748 e. The summed E-state index contributed by atoms with van der Waals surface area (Å²) in [7, 11) is -4.08. The molecule has 2 unspecified atom stereocenters. The first-order valence-corrected chi connectivity index (χ1v) is 13.6. The van der Waals surface area contributed by atoms with Gasteiger partial charge in [0.2, 0.25) is 0 Å². The highest BCUT2D eigenvalue weighted by molar-refractivity contribution is 7.98. The van der Waals surface area contributed by atoms with Crippen LogP contribution in [0.15, 0.2) is 0 Å². The van der Waals surface area contributed by atoms with Gasteiger partial charge >= 0.3 is 0 Å². The summed E-state index contributed by atoms with van der Waals surface area (Å²) in [6, 6.07) is 0. The number of Topliss-reactive ketones (excluding diaryl/α,β-unsaturated/α-hetero) is 2. The van der Waals surface area contributed by atoms with E-state index in [0.717, 1.165) is 12.2 Å². The van der Waals surface area contributed by atoms with Gasteiger partial charge in [0.25, 0.3) is 0 Å². The van der Waals surface area contributed by atoms with Crippen molar-refractivity contribution >= 4 is 32.6 Å². The summed E-state index contributed by atoms with van der Waals surface area (Å²) in [6.07, 6.45) is 1.88. The van der Waals surface area contributed by atoms with E-state index in [2.05, 4.69) is 27.7 Å². The van der Waals surface area contributed by atoms with Gasteiger partial charge in [0.05, 0.1) is 15.9 Å². The van der Waals surface area contributed by atoms with E-state index in [-0.39, 0.29) is 33.4 Å². The molecule has 2 atom stereocenters. The Kier molecular flexibility index (Phi) is 8.26. The van der Waals surface area contributed by atoms with Crippen LogP contribution in [0.4, 0.5) is 0 Å². The molecular weight excluding hydrogens is 408 g/mol. The van der Waals surface area contributed by atoms with Crippen molar-refractivity contribution in [3.63, 3.8) is 0 Å². The molecule has 170 valence electrons. The van der Waals surface area contributed by atoms with Crippen LogP contribution in [0.5, 0.6) is 0 Å². The molecule has 0 spiro atoms. The van der Waals surface area contributed by atoms with Gasteiger partial charge in [0.15, 0.2) is 11.5 Å². The van der Waals surface area contributed by atoms with E-state index >= 15 is 0 Å². The molecule has 0 aromatic carbocycles. The van der Waals surface area contributed by atoms with Crippen molar-refractivity contribution in [1.82, 2.24) is 0 Å². The lowest BCUT2D eigenvalue weighted by Gasteiger charge is -2.37. The number of hydrogen-bond acceptors (Lipinski definition) is 5. The second-order valence-corrected chi connectivity index (χ2v) is 15.3. The fourth-order valence-corrected chi connectivity index (χ4v) is 8.43. The van der Waals surface area contributed by atoms with E-state index in [0.29, 0.717) is 29.1 Å². The van der Waals surface area contributed by atoms with Gasteiger partial charge in [0, 0.05) is 17.3 Å². The molecule has 2 rings (SSSR count). The summed E-state index contributed by atoms with van der Waals surface area (Å²) in [5.74, 6) is 0.888. The zero-order valence-electron chi connectivity index (χ0n) is 19.6. The predicted molar refractivity (Wildman–Crippen MR) is 120 cm³/mol. The molecule has 0 aliphatic heterocycles. The molecule has 5 nitrogen and oxygen atoms in total. The van der Waals surface area contributed by atoms with E-state index in [1.807, 2.05) is 34.6 Å². The quantitative estimate of drug-likeness (QED) is 0.453. The van der Waals surface area contributed by atoms with E-state index in [1.165, 1.54) is 0 Å². The monoisotopic (exact) mass is 448 g/mol. The van der Waals surface area contributed by atoms with Crippen molar-refractivity contribution in [3.05, 3.63) is 0 Å².